The summed E-state index contributed by atoms with van der Waals surface area (Å²) in [4.78, 5) is 11.8. The zero-order valence-corrected chi connectivity index (χ0v) is 12.6. The van der Waals surface area contributed by atoms with E-state index in [0.717, 1.165) is 25.5 Å². The highest BCUT2D eigenvalue weighted by molar-refractivity contribution is 5.78. The molecule has 0 aliphatic heterocycles. The lowest BCUT2D eigenvalue weighted by atomic mass is 9.60. The molecular formula is C16H28N2O2. The first kappa shape index (κ1) is 14.3. The number of rotatable bonds is 7. The van der Waals surface area contributed by atoms with Crippen molar-refractivity contribution in [1.82, 2.24) is 10.6 Å². The van der Waals surface area contributed by atoms with Crippen LogP contribution >= 0.6 is 0 Å². The van der Waals surface area contributed by atoms with Crippen LogP contribution in [0.1, 0.15) is 51.9 Å². The fourth-order valence-electron chi connectivity index (χ4n) is 4.03. The first-order valence-electron chi connectivity index (χ1n) is 8.36. The van der Waals surface area contributed by atoms with Gasteiger partial charge in [0.15, 0.2) is 0 Å². The minimum absolute atomic E-state index is 0.157. The average Bonchev–Trinajstić information content (AvgIpc) is 3.12. The first-order chi connectivity index (χ1) is 9.74. The third-order valence-electron chi connectivity index (χ3n) is 5.48. The van der Waals surface area contributed by atoms with Crippen LogP contribution in [0.4, 0.5) is 0 Å². The fraction of sp³-hybridized carbons (Fsp3) is 0.938. The van der Waals surface area contributed by atoms with Crippen LogP contribution in [-0.4, -0.2) is 37.7 Å². The largest absolute Gasteiger partial charge is 0.378 e. The summed E-state index contributed by atoms with van der Waals surface area (Å²) in [6, 6.07) is 0.480. The normalized spacial score (nSPS) is 31.2. The lowest BCUT2D eigenvalue weighted by molar-refractivity contribution is -0.134. The Labute approximate surface area is 122 Å². The molecule has 0 aromatic carbocycles. The molecule has 0 saturated heterocycles. The Morgan fingerprint density at radius 2 is 2.05 bits per heavy atom. The molecule has 0 heterocycles. The van der Waals surface area contributed by atoms with Crippen molar-refractivity contribution >= 4 is 5.91 Å². The van der Waals surface area contributed by atoms with E-state index in [0.29, 0.717) is 24.1 Å². The standard InChI is InChI=1S/C16H28N2O2/c1-2-20-14-9-13(16(14)7-3-4-8-16)17-11-15(19)18-10-12-5-6-12/h12-14,17H,2-11H2,1H3,(H,18,19). The second kappa shape index (κ2) is 6.02. The molecule has 3 rings (SSSR count). The Kier molecular flexibility index (Phi) is 4.32. The smallest absolute Gasteiger partial charge is 0.233 e. The molecule has 0 aromatic heterocycles. The number of carbonyl (C=O) groups is 1. The van der Waals surface area contributed by atoms with E-state index in [1.165, 1.54) is 38.5 Å². The van der Waals surface area contributed by atoms with Gasteiger partial charge in [-0.25, -0.2) is 0 Å². The lowest BCUT2D eigenvalue weighted by Crippen LogP contribution is -2.63. The Bertz CT molecular complexity index is 348. The van der Waals surface area contributed by atoms with E-state index in [4.69, 9.17) is 4.74 Å². The van der Waals surface area contributed by atoms with Crippen LogP contribution in [-0.2, 0) is 9.53 Å². The molecule has 1 amide bonds. The van der Waals surface area contributed by atoms with Gasteiger partial charge in [-0.05, 0) is 44.9 Å². The highest BCUT2D eigenvalue weighted by Crippen LogP contribution is 2.54. The molecule has 3 saturated carbocycles. The van der Waals surface area contributed by atoms with Gasteiger partial charge in [0.05, 0.1) is 12.6 Å². The first-order valence-corrected chi connectivity index (χ1v) is 8.36. The molecule has 114 valence electrons. The molecule has 20 heavy (non-hydrogen) atoms. The maximum atomic E-state index is 11.8. The predicted octanol–water partition coefficient (Wildman–Crippen LogP) is 1.84. The summed E-state index contributed by atoms with van der Waals surface area (Å²) in [5.74, 6) is 0.913. The van der Waals surface area contributed by atoms with E-state index in [-0.39, 0.29) is 5.91 Å². The second-order valence-corrected chi connectivity index (χ2v) is 6.80. The number of amides is 1. The monoisotopic (exact) mass is 280 g/mol. The van der Waals surface area contributed by atoms with Gasteiger partial charge in [-0.15, -0.1) is 0 Å². The molecule has 1 spiro atoms. The maximum absolute atomic E-state index is 11.8. The van der Waals surface area contributed by atoms with Crippen molar-refractivity contribution in [3.63, 3.8) is 0 Å². The van der Waals surface area contributed by atoms with E-state index in [2.05, 4.69) is 17.6 Å². The van der Waals surface area contributed by atoms with Crippen LogP contribution in [0.2, 0.25) is 0 Å². The zero-order valence-electron chi connectivity index (χ0n) is 12.6. The van der Waals surface area contributed by atoms with Crippen LogP contribution in [0.3, 0.4) is 0 Å². The van der Waals surface area contributed by atoms with Gasteiger partial charge in [0, 0.05) is 24.6 Å². The van der Waals surface area contributed by atoms with Crippen molar-refractivity contribution in [2.24, 2.45) is 11.3 Å². The highest BCUT2D eigenvalue weighted by atomic mass is 16.5. The molecule has 3 fully saturated rings. The Balaban J connectivity index is 1.43. The molecule has 0 aromatic rings. The van der Waals surface area contributed by atoms with Crippen molar-refractivity contribution in [3.05, 3.63) is 0 Å². The van der Waals surface area contributed by atoms with Gasteiger partial charge in [0.2, 0.25) is 5.91 Å². The van der Waals surface area contributed by atoms with Crippen molar-refractivity contribution in [1.29, 1.82) is 0 Å². The van der Waals surface area contributed by atoms with E-state index in [1.54, 1.807) is 0 Å². The van der Waals surface area contributed by atoms with Gasteiger partial charge in [-0.3, -0.25) is 4.79 Å². The SMILES string of the molecule is CCOC1CC(NCC(=O)NCC2CC2)C12CCCC2. The number of hydrogen-bond donors (Lipinski definition) is 2. The second-order valence-electron chi connectivity index (χ2n) is 6.80. The molecule has 3 aliphatic rings. The van der Waals surface area contributed by atoms with Crippen LogP contribution in [0.15, 0.2) is 0 Å². The van der Waals surface area contributed by atoms with E-state index < -0.39 is 0 Å². The Morgan fingerprint density at radius 1 is 1.30 bits per heavy atom. The molecule has 0 bridgehead atoms. The quantitative estimate of drug-likeness (QED) is 0.748. The van der Waals surface area contributed by atoms with Crippen molar-refractivity contribution in [2.45, 2.75) is 64.0 Å². The summed E-state index contributed by atoms with van der Waals surface area (Å²) >= 11 is 0. The summed E-state index contributed by atoms with van der Waals surface area (Å²) in [6.07, 6.45) is 9.22. The molecular weight excluding hydrogens is 252 g/mol. The van der Waals surface area contributed by atoms with Crippen molar-refractivity contribution in [3.8, 4) is 0 Å². The molecule has 0 radical (unpaired) electrons. The third-order valence-corrected chi connectivity index (χ3v) is 5.48. The lowest BCUT2D eigenvalue weighted by Gasteiger charge is -2.54. The van der Waals surface area contributed by atoms with Crippen LogP contribution in [0, 0.1) is 11.3 Å². The number of nitrogens with one attached hydrogen (secondary N) is 2. The van der Waals surface area contributed by atoms with Gasteiger partial charge in [0.1, 0.15) is 0 Å². The zero-order chi connectivity index (χ0) is 14.0. The Morgan fingerprint density at radius 3 is 2.70 bits per heavy atom. The van der Waals surface area contributed by atoms with E-state index in [1.807, 2.05) is 0 Å². The summed E-state index contributed by atoms with van der Waals surface area (Å²) < 4.78 is 5.90. The Hall–Kier alpha value is -0.610. The van der Waals surface area contributed by atoms with Crippen molar-refractivity contribution < 1.29 is 9.53 Å². The van der Waals surface area contributed by atoms with Crippen LogP contribution in [0.5, 0.6) is 0 Å². The van der Waals surface area contributed by atoms with Crippen LogP contribution < -0.4 is 10.6 Å². The van der Waals surface area contributed by atoms with E-state index in [9.17, 15) is 4.79 Å². The van der Waals surface area contributed by atoms with Crippen molar-refractivity contribution in [2.75, 3.05) is 19.7 Å². The van der Waals surface area contributed by atoms with Gasteiger partial charge in [0.25, 0.3) is 0 Å². The maximum Gasteiger partial charge on any atom is 0.233 e. The molecule has 2 unspecified atom stereocenters. The van der Waals surface area contributed by atoms with Gasteiger partial charge in [-0.1, -0.05) is 12.8 Å². The fourth-order valence-corrected chi connectivity index (χ4v) is 4.03. The summed E-state index contributed by atoms with van der Waals surface area (Å²) in [6.45, 7) is 4.23. The number of hydrogen-bond acceptors (Lipinski definition) is 3. The summed E-state index contributed by atoms with van der Waals surface area (Å²) in [7, 11) is 0. The number of ether oxygens (including phenoxy) is 1. The van der Waals surface area contributed by atoms with Gasteiger partial charge >= 0.3 is 0 Å². The van der Waals surface area contributed by atoms with Gasteiger partial charge < -0.3 is 15.4 Å². The predicted molar refractivity (Wildman–Crippen MR) is 78.5 cm³/mol. The molecule has 4 nitrogen and oxygen atoms in total. The minimum atomic E-state index is 0.157. The van der Waals surface area contributed by atoms with Gasteiger partial charge in [-0.2, -0.15) is 0 Å². The highest BCUT2D eigenvalue weighted by Gasteiger charge is 2.56. The number of carbonyl (C=O) groups excluding carboxylic acids is 1. The van der Waals surface area contributed by atoms with E-state index >= 15 is 0 Å². The summed E-state index contributed by atoms with van der Waals surface area (Å²) in [5.41, 5.74) is 0.326. The minimum Gasteiger partial charge on any atom is -0.378 e. The van der Waals surface area contributed by atoms with Crippen LogP contribution in [0.25, 0.3) is 0 Å². The average molecular weight is 280 g/mol. The topological polar surface area (TPSA) is 50.4 Å². The molecule has 2 N–H and O–H groups in total. The molecule has 3 aliphatic carbocycles. The molecule has 2 atom stereocenters. The molecule has 4 heteroatoms. The third kappa shape index (κ3) is 2.86. The summed E-state index contributed by atoms with van der Waals surface area (Å²) in [5, 5.41) is 6.52.